The summed E-state index contributed by atoms with van der Waals surface area (Å²) in [5, 5.41) is 11.7. The van der Waals surface area contributed by atoms with Gasteiger partial charge in [-0.1, -0.05) is 5.16 Å². The Kier molecular flexibility index (Phi) is 2.32. The molecular formula is C7H8N2O4. The molecule has 1 N–H and O–H groups in total. The second-order valence-corrected chi connectivity index (χ2v) is 2.58. The number of carboxylic acids is 1. The molecule has 0 radical (unpaired) electrons. The Balaban J connectivity index is 2.92. The van der Waals surface area contributed by atoms with Gasteiger partial charge in [-0.05, 0) is 0 Å². The van der Waals surface area contributed by atoms with Crippen LogP contribution in [0.4, 0.5) is 0 Å². The third-order valence-corrected chi connectivity index (χ3v) is 1.35. The molecule has 13 heavy (non-hydrogen) atoms. The zero-order valence-electron chi connectivity index (χ0n) is 7.14. The van der Waals surface area contributed by atoms with Crippen molar-refractivity contribution in [3.63, 3.8) is 0 Å². The highest BCUT2D eigenvalue weighted by molar-refractivity contribution is 5.94. The molecule has 6 nitrogen and oxygen atoms in total. The van der Waals surface area contributed by atoms with Gasteiger partial charge in [0.1, 0.15) is 0 Å². The van der Waals surface area contributed by atoms with Gasteiger partial charge < -0.3 is 14.5 Å². The van der Waals surface area contributed by atoms with E-state index in [0.29, 0.717) is 0 Å². The predicted octanol–water partition coefficient (Wildman–Crippen LogP) is 0.0746. The van der Waals surface area contributed by atoms with Crippen molar-refractivity contribution in [2.24, 2.45) is 0 Å². The van der Waals surface area contributed by atoms with Gasteiger partial charge in [-0.25, -0.2) is 4.79 Å². The maximum atomic E-state index is 11.2. The minimum absolute atomic E-state index is 0.0811. The number of amides is 1. The number of carbonyl (C=O) groups excluding carboxylic acids is 1. The standard InChI is InChI=1S/C7H8N2O4/c1-9(2)6(10)5-3-4(7(11)12)8-13-5/h3H,1-2H3,(H,11,12). The minimum Gasteiger partial charge on any atom is -0.476 e. The highest BCUT2D eigenvalue weighted by Gasteiger charge is 2.17. The van der Waals surface area contributed by atoms with Gasteiger partial charge in [0.15, 0.2) is 5.69 Å². The van der Waals surface area contributed by atoms with E-state index in [2.05, 4.69) is 9.68 Å². The Morgan fingerprint density at radius 2 is 2.15 bits per heavy atom. The summed E-state index contributed by atoms with van der Waals surface area (Å²) in [6.07, 6.45) is 0. The average molecular weight is 184 g/mol. The molecule has 1 heterocycles. The first-order chi connectivity index (χ1) is 6.02. The van der Waals surface area contributed by atoms with Crippen molar-refractivity contribution in [2.75, 3.05) is 14.1 Å². The van der Waals surface area contributed by atoms with Crippen LogP contribution in [0.15, 0.2) is 10.6 Å². The van der Waals surface area contributed by atoms with Crippen LogP contribution >= 0.6 is 0 Å². The van der Waals surface area contributed by atoms with Gasteiger partial charge in [-0.3, -0.25) is 4.79 Å². The van der Waals surface area contributed by atoms with E-state index in [9.17, 15) is 9.59 Å². The highest BCUT2D eigenvalue weighted by Crippen LogP contribution is 2.05. The van der Waals surface area contributed by atoms with E-state index >= 15 is 0 Å². The molecule has 0 aromatic carbocycles. The summed E-state index contributed by atoms with van der Waals surface area (Å²) in [5.41, 5.74) is -0.273. The Labute approximate surface area is 73.7 Å². The second-order valence-electron chi connectivity index (χ2n) is 2.58. The van der Waals surface area contributed by atoms with Crippen molar-refractivity contribution in [1.29, 1.82) is 0 Å². The fourth-order valence-electron chi connectivity index (χ4n) is 0.697. The fraction of sp³-hybridized carbons (Fsp3) is 0.286. The Morgan fingerprint density at radius 1 is 1.54 bits per heavy atom. The molecule has 0 unspecified atom stereocenters. The van der Waals surface area contributed by atoms with Gasteiger partial charge in [0.05, 0.1) is 0 Å². The summed E-state index contributed by atoms with van der Waals surface area (Å²) < 4.78 is 4.53. The van der Waals surface area contributed by atoms with Crippen molar-refractivity contribution in [1.82, 2.24) is 10.1 Å². The van der Waals surface area contributed by atoms with Crippen LogP contribution in [0.2, 0.25) is 0 Å². The number of nitrogens with zero attached hydrogens (tertiary/aromatic N) is 2. The average Bonchev–Trinajstić information content (AvgIpc) is 2.50. The van der Waals surface area contributed by atoms with Crippen LogP contribution in [0.1, 0.15) is 21.0 Å². The summed E-state index contributed by atoms with van der Waals surface area (Å²) in [6, 6.07) is 1.09. The van der Waals surface area contributed by atoms with Crippen molar-refractivity contribution in [2.45, 2.75) is 0 Å². The van der Waals surface area contributed by atoms with Crippen molar-refractivity contribution in [3.8, 4) is 0 Å². The van der Waals surface area contributed by atoms with Gasteiger partial charge in [0.2, 0.25) is 5.76 Å². The van der Waals surface area contributed by atoms with E-state index in [4.69, 9.17) is 5.11 Å². The number of hydrogen-bond acceptors (Lipinski definition) is 4. The molecule has 1 aromatic heterocycles. The maximum absolute atomic E-state index is 11.2. The van der Waals surface area contributed by atoms with Gasteiger partial charge in [0, 0.05) is 20.2 Å². The molecule has 0 aliphatic rings. The molecule has 1 amide bonds. The molecule has 1 aromatic rings. The molecule has 0 spiro atoms. The van der Waals surface area contributed by atoms with Crippen LogP contribution in [0.3, 0.4) is 0 Å². The number of hydrogen-bond donors (Lipinski definition) is 1. The van der Waals surface area contributed by atoms with E-state index < -0.39 is 11.9 Å². The number of aromatic nitrogens is 1. The predicted molar refractivity (Wildman–Crippen MR) is 41.5 cm³/mol. The van der Waals surface area contributed by atoms with E-state index in [0.717, 1.165) is 6.07 Å². The highest BCUT2D eigenvalue weighted by atomic mass is 16.5. The summed E-state index contributed by atoms with van der Waals surface area (Å²) in [5.74, 6) is -1.72. The molecule has 6 heteroatoms. The smallest absolute Gasteiger partial charge is 0.358 e. The van der Waals surface area contributed by atoms with E-state index in [1.54, 1.807) is 0 Å². The summed E-state index contributed by atoms with van der Waals surface area (Å²) in [4.78, 5) is 22.8. The number of aromatic carboxylic acids is 1. The Hall–Kier alpha value is -1.85. The van der Waals surface area contributed by atoms with Crippen molar-refractivity contribution in [3.05, 3.63) is 17.5 Å². The van der Waals surface area contributed by atoms with Crippen LogP contribution in [0.25, 0.3) is 0 Å². The molecule has 0 saturated heterocycles. The summed E-state index contributed by atoms with van der Waals surface area (Å²) >= 11 is 0. The number of carbonyl (C=O) groups is 2. The van der Waals surface area contributed by atoms with Gasteiger partial charge in [-0.2, -0.15) is 0 Å². The van der Waals surface area contributed by atoms with E-state index in [1.165, 1.54) is 19.0 Å². The lowest BCUT2D eigenvalue weighted by Crippen LogP contribution is -2.20. The molecule has 1 rings (SSSR count). The molecule has 70 valence electrons. The Morgan fingerprint density at radius 3 is 2.54 bits per heavy atom. The molecular weight excluding hydrogens is 176 g/mol. The van der Waals surface area contributed by atoms with Crippen LogP contribution in [-0.4, -0.2) is 41.1 Å². The third kappa shape index (κ3) is 1.84. The lowest BCUT2D eigenvalue weighted by molar-refractivity contribution is 0.0682. The zero-order valence-corrected chi connectivity index (χ0v) is 7.14. The van der Waals surface area contributed by atoms with E-state index in [1.807, 2.05) is 0 Å². The number of rotatable bonds is 2. The lowest BCUT2D eigenvalue weighted by Gasteiger charge is -2.05. The van der Waals surface area contributed by atoms with Crippen LogP contribution in [-0.2, 0) is 0 Å². The molecule has 0 bridgehead atoms. The van der Waals surface area contributed by atoms with Crippen molar-refractivity contribution < 1.29 is 19.2 Å². The quantitative estimate of drug-likeness (QED) is 0.703. The van der Waals surface area contributed by atoms with Gasteiger partial charge in [0.25, 0.3) is 5.91 Å². The third-order valence-electron chi connectivity index (χ3n) is 1.35. The molecule has 0 aliphatic carbocycles. The lowest BCUT2D eigenvalue weighted by atomic mass is 10.3. The normalized spacial score (nSPS) is 9.69. The minimum atomic E-state index is -1.22. The summed E-state index contributed by atoms with van der Waals surface area (Å²) in [6.45, 7) is 0. The largest absolute Gasteiger partial charge is 0.476 e. The first-order valence-electron chi connectivity index (χ1n) is 3.44. The molecule has 0 aliphatic heterocycles. The monoisotopic (exact) mass is 184 g/mol. The zero-order chi connectivity index (χ0) is 10.0. The second kappa shape index (κ2) is 3.26. The molecule has 0 saturated carbocycles. The molecule has 0 fully saturated rings. The topological polar surface area (TPSA) is 83.6 Å². The first-order valence-corrected chi connectivity index (χ1v) is 3.44. The van der Waals surface area contributed by atoms with Crippen LogP contribution in [0, 0.1) is 0 Å². The maximum Gasteiger partial charge on any atom is 0.358 e. The van der Waals surface area contributed by atoms with E-state index in [-0.39, 0.29) is 11.5 Å². The first kappa shape index (κ1) is 9.24. The fourth-order valence-corrected chi connectivity index (χ4v) is 0.697. The Bertz CT molecular complexity index is 342. The van der Waals surface area contributed by atoms with Crippen LogP contribution < -0.4 is 0 Å². The molecule has 0 atom stereocenters. The van der Waals surface area contributed by atoms with Crippen molar-refractivity contribution >= 4 is 11.9 Å². The van der Waals surface area contributed by atoms with Gasteiger partial charge >= 0.3 is 5.97 Å². The number of carboxylic acid groups (broad SMARTS) is 1. The summed E-state index contributed by atoms with van der Waals surface area (Å²) in [7, 11) is 3.07. The van der Waals surface area contributed by atoms with Crippen LogP contribution in [0.5, 0.6) is 0 Å². The SMILES string of the molecule is CN(C)C(=O)c1cc(C(=O)O)no1. The van der Waals surface area contributed by atoms with Gasteiger partial charge in [-0.15, -0.1) is 0 Å².